The molecule has 1 heterocycles. The van der Waals surface area contributed by atoms with Gasteiger partial charge in [0.1, 0.15) is 0 Å². The first-order chi connectivity index (χ1) is 13.0. The summed E-state index contributed by atoms with van der Waals surface area (Å²) in [5, 5.41) is 3.39. The second-order valence-corrected chi connectivity index (χ2v) is 8.53. The number of nitrogens with zero attached hydrogens (tertiary/aromatic N) is 1. The molecule has 1 fully saturated rings. The van der Waals surface area contributed by atoms with Crippen LogP contribution in [0.3, 0.4) is 0 Å². The Morgan fingerprint density at radius 1 is 1.11 bits per heavy atom. The molecule has 0 aromatic heterocycles. The normalized spacial score (nSPS) is 15.4. The van der Waals surface area contributed by atoms with Crippen LogP contribution in [0.15, 0.2) is 53.4 Å². The fraction of sp³-hybridized carbons (Fsp3) is 0.316. The lowest BCUT2D eigenvalue weighted by molar-refractivity contribution is -0.116. The van der Waals surface area contributed by atoms with Crippen molar-refractivity contribution in [1.29, 1.82) is 0 Å². The molecule has 1 aliphatic heterocycles. The number of hydrogen-bond donors (Lipinski definition) is 1. The van der Waals surface area contributed by atoms with Crippen LogP contribution in [-0.4, -0.2) is 44.9 Å². The Labute approximate surface area is 164 Å². The lowest BCUT2D eigenvalue weighted by atomic mass is 10.1. The maximum absolute atomic E-state index is 12.7. The number of carbonyl (C=O) groups is 1. The first kappa shape index (κ1) is 19.8. The van der Waals surface area contributed by atoms with Gasteiger partial charge in [-0.05, 0) is 36.2 Å². The van der Waals surface area contributed by atoms with Crippen molar-refractivity contribution in [2.45, 2.75) is 17.7 Å². The molecule has 0 aliphatic carbocycles. The standard InChI is InChI=1S/C19H21ClN2O4S/c20-18-7-2-1-4-15(18)8-9-19(23)21-16-5-3-6-17(14-16)27(24,25)22-10-12-26-13-11-22/h1-7,14H,8-13H2,(H,21,23). The summed E-state index contributed by atoms with van der Waals surface area (Å²) in [5.41, 5.74) is 1.35. The predicted molar refractivity (Wildman–Crippen MR) is 104 cm³/mol. The number of hydrogen-bond acceptors (Lipinski definition) is 4. The number of amides is 1. The summed E-state index contributed by atoms with van der Waals surface area (Å²) in [7, 11) is -3.60. The van der Waals surface area contributed by atoms with E-state index in [-0.39, 0.29) is 17.2 Å². The average Bonchev–Trinajstić information content (AvgIpc) is 2.68. The van der Waals surface area contributed by atoms with Gasteiger partial charge in [-0.3, -0.25) is 4.79 Å². The fourth-order valence-corrected chi connectivity index (χ4v) is 4.53. The first-order valence-corrected chi connectivity index (χ1v) is 10.5. The molecule has 1 saturated heterocycles. The van der Waals surface area contributed by atoms with Gasteiger partial charge >= 0.3 is 0 Å². The number of rotatable bonds is 6. The maximum atomic E-state index is 12.7. The zero-order chi connectivity index (χ0) is 19.3. The van der Waals surface area contributed by atoms with Crippen LogP contribution in [0.1, 0.15) is 12.0 Å². The molecular formula is C19H21ClN2O4S. The molecule has 1 amide bonds. The number of morpholine rings is 1. The molecule has 6 nitrogen and oxygen atoms in total. The van der Waals surface area contributed by atoms with Gasteiger partial charge in [0.05, 0.1) is 18.1 Å². The fourth-order valence-electron chi connectivity index (χ4n) is 2.84. The number of anilines is 1. The Kier molecular flexibility index (Phi) is 6.49. The third-order valence-corrected chi connectivity index (χ3v) is 6.57. The first-order valence-electron chi connectivity index (χ1n) is 8.68. The van der Waals surface area contributed by atoms with Gasteiger partial charge < -0.3 is 10.1 Å². The van der Waals surface area contributed by atoms with E-state index in [0.29, 0.717) is 43.4 Å². The van der Waals surface area contributed by atoms with Crippen molar-refractivity contribution in [2.75, 3.05) is 31.6 Å². The summed E-state index contributed by atoms with van der Waals surface area (Å²) in [6.07, 6.45) is 0.765. The largest absolute Gasteiger partial charge is 0.379 e. The van der Waals surface area contributed by atoms with Crippen molar-refractivity contribution in [3.63, 3.8) is 0 Å². The molecule has 0 spiro atoms. The predicted octanol–water partition coefficient (Wildman–Crippen LogP) is 2.93. The highest BCUT2D eigenvalue weighted by molar-refractivity contribution is 7.89. The number of nitrogens with one attached hydrogen (secondary N) is 1. The number of sulfonamides is 1. The minimum absolute atomic E-state index is 0.160. The molecule has 2 aromatic rings. The number of ether oxygens (including phenoxy) is 1. The van der Waals surface area contributed by atoms with Crippen LogP contribution < -0.4 is 5.32 Å². The molecular weight excluding hydrogens is 388 g/mol. The van der Waals surface area contributed by atoms with E-state index in [0.717, 1.165) is 5.56 Å². The van der Waals surface area contributed by atoms with Gasteiger partial charge in [0.2, 0.25) is 15.9 Å². The lowest BCUT2D eigenvalue weighted by Crippen LogP contribution is -2.40. The van der Waals surface area contributed by atoms with Crippen molar-refractivity contribution in [3.8, 4) is 0 Å². The minimum atomic E-state index is -3.60. The Bertz CT molecular complexity index is 911. The lowest BCUT2D eigenvalue weighted by Gasteiger charge is -2.26. The van der Waals surface area contributed by atoms with Crippen molar-refractivity contribution < 1.29 is 17.9 Å². The highest BCUT2D eigenvalue weighted by Gasteiger charge is 2.26. The molecule has 0 atom stereocenters. The second kappa shape index (κ2) is 8.84. The third-order valence-electron chi connectivity index (χ3n) is 4.30. The van der Waals surface area contributed by atoms with E-state index < -0.39 is 10.0 Å². The van der Waals surface area contributed by atoms with Crippen molar-refractivity contribution >= 4 is 33.2 Å². The van der Waals surface area contributed by atoms with Gasteiger partial charge in [-0.1, -0.05) is 35.9 Å². The third kappa shape index (κ3) is 5.07. The Morgan fingerprint density at radius 3 is 2.59 bits per heavy atom. The SMILES string of the molecule is O=C(CCc1ccccc1Cl)Nc1cccc(S(=O)(=O)N2CCOCC2)c1. The molecule has 3 rings (SSSR count). The van der Waals surface area contributed by atoms with Crippen molar-refractivity contribution in [1.82, 2.24) is 4.31 Å². The molecule has 0 bridgehead atoms. The molecule has 1 aliphatic rings. The summed E-state index contributed by atoms with van der Waals surface area (Å²) in [6, 6.07) is 13.7. The zero-order valence-electron chi connectivity index (χ0n) is 14.7. The summed E-state index contributed by atoms with van der Waals surface area (Å²) in [4.78, 5) is 12.4. The van der Waals surface area contributed by atoms with Gasteiger partial charge in [0.25, 0.3) is 0 Å². The summed E-state index contributed by atoms with van der Waals surface area (Å²) in [6.45, 7) is 1.43. The smallest absolute Gasteiger partial charge is 0.243 e. The Balaban J connectivity index is 1.65. The highest BCUT2D eigenvalue weighted by atomic mass is 35.5. The van der Waals surface area contributed by atoms with E-state index in [2.05, 4.69) is 5.32 Å². The minimum Gasteiger partial charge on any atom is -0.379 e. The summed E-state index contributed by atoms with van der Waals surface area (Å²) < 4.78 is 32.0. The number of benzene rings is 2. The summed E-state index contributed by atoms with van der Waals surface area (Å²) in [5.74, 6) is -0.198. The van der Waals surface area contributed by atoms with Gasteiger partial charge in [0, 0.05) is 30.2 Å². The van der Waals surface area contributed by atoms with Gasteiger partial charge in [0.15, 0.2) is 0 Å². The van der Waals surface area contributed by atoms with Gasteiger partial charge in [-0.15, -0.1) is 0 Å². The van der Waals surface area contributed by atoms with Crippen LogP contribution in [0.2, 0.25) is 5.02 Å². The molecule has 2 aromatic carbocycles. The van der Waals surface area contributed by atoms with Crippen LogP contribution in [-0.2, 0) is 26.0 Å². The summed E-state index contributed by atoms with van der Waals surface area (Å²) >= 11 is 6.10. The van der Waals surface area contributed by atoms with Crippen LogP contribution in [0.5, 0.6) is 0 Å². The van der Waals surface area contributed by atoms with E-state index in [9.17, 15) is 13.2 Å². The highest BCUT2D eigenvalue weighted by Crippen LogP contribution is 2.21. The Morgan fingerprint density at radius 2 is 1.85 bits per heavy atom. The molecule has 0 saturated carbocycles. The second-order valence-electron chi connectivity index (χ2n) is 6.18. The topological polar surface area (TPSA) is 75.7 Å². The average molecular weight is 409 g/mol. The molecule has 0 unspecified atom stereocenters. The molecule has 144 valence electrons. The quantitative estimate of drug-likeness (QED) is 0.797. The number of aryl methyl sites for hydroxylation is 1. The van der Waals surface area contributed by atoms with Crippen molar-refractivity contribution in [3.05, 3.63) is 59.1 Å². The van der Waals surface area contributed by atoms with Crippen LogP contribution in [0.25, 0.3) is 0 Å². The van der Waals surface area contributed by atoms with Crippen LogP contribution in [0.4, 0.5) is 5.69 Å². The van der Waals surface area contributed by atoms with E-state index >= 15 is 0 Å². The number of carbonyl (C=O) groups excluding carboxylic acids is 1. The van der Waals surface area contributed by atoms with E-state index in [4.69, 9.17) is 16.3 Å². The van der Waals surface area contributed by atoms with Crippen molar-refractivity contribution in [2.24, 2.45) is 0 Å². The molecule has 1 N–H and O–H groups in total. The maximum Gasteiger partial charge on any atom is 0.243 e. The van der Waals surface area contributed by atoms with Gasteiger partial charge in [-0.25, -0.2) is 8.42 Å². The van der Waals surface area contributed by atoms with Crippen LogP contribution in [0, 0.1) is 0 Å². The Hall–Kier alpha value is -1.93. The van der Waals surface area contributed by atoms with E-state index in [1.165, 1.54) is 16.4 Å². The zero-order valence-corrected chi connectivity index (χ0v) is 16.3. The molecule has 0 radical (unpaired) electrons. The molecule has 8 heteroatoms. The van der Waals surface area contributed by atoms with E-state index in [1.54, 1.807) is 18.2 Å². The monoisotopic (exact) mass is 408 g/mol. The van der Waals surface area contributed by atoms with Gasteiger partial charge in [-0.2, -0.15) is 4.31 Å². The van der Waals surface area contributed by atoms with Crippen LogP contribution >= 0.6 is 11.6 Å². The molecule has 27 heavy (non-hydrogen) atoms. The number of halogens is 1. The van der Waals surface area contributed by atoms with E-state index in [1.807, 2.05) is 18.2 Å².